The molecule has 1 aliphatic rings. The first-order valence-electron chi connectivity index (χ1n) is 6.33. The van der Waals surface area contributed by atoms with Gasteiger partial charge in [0.05, 0.1) is 18.8 Å². The molecular formula is C13H16N4OS. The highest BCUT2D eigenvalue weighted by atomic mass is 32.1. The van der Waals surface area contributed by atoms with Crippen LogP contribution in [-0.4, -0.2) is 39.5 Å². The van der Waals surface area contributed by atoms with Gasteiger partial charge in [-0.3, -0.25) is 4.90 Å². The van der Waals surface area contributed by atoms with E-state index in [4.69, 9.17) is 4.74 Å². The van der Waals surface area contributed by atoms with Gasteiger partial charge in [0, 0.05) is 30.9 Å². The zero-order chi connectivity index (χ0) is 13.1. The lowest BCUT2D eigenvalue weighted by Crippen LogP contribution is -2.38. The van der Waals surface area contributed by atoms with Crippen LogP contribution in [0, 0.1) is 6.92 Å². The van der Waals surface area contributed by atoms with Crippen molar-refractivity contribution in [1.29, 1.82) is 0 Å². The Labute approximate surface area is 116 Å². The van der Waals surface area contributed by atoms with Crippen LogP contribution in [-0.2, 0) is 11.3 Å². The molecule has 19 heavy (non-hydrogen) atoms. The van der Waals surface area contributed by atoms with Crippen molar-refractivity contribution in [2.24, 2.45) is 0 Å². The van der Waals surface area contributed by atoms with Crippen LogP contribution < -0.4 is 0 Å². The Morgan fingerprint density at radius 1 is 1.42 bits per heavy atom. The van der Waals surface area contributed by atoms with Gasteiger partial charge < -0.3 is 4.74 Å². The molecule has 2 aromatic rings. The van der Waals surface area contributed by atoms with Gasteiger partial charge in [0.25, 0.3) is 0 Å². The molecule has 0 aromatic carbocycles. The van der Waals surface area contributed by atoms with Gasteiger partial charge in [-0.2, -0.15) is 0 Å². The molecule has 3 rings (SSSR count). The van der Waals surface area contributed by atoms with Crippen molar-refractivity contribution < 1.29 is 4.74 Å². The Hall–Kier alpha value is -1.37. The molecule has 1 saturated heterocycles. The minimum atomic E-state index is 0.0374. The molecule has 1 aliphatic heterocycles. The molecule has 1 unspecified atom stereocenters. The second-order valence-corrected chi connectivity index (χ2v) is 5.53. The minimum Gasteiger partial charge on any atom is -0.369 e. The Kier molecular flexibility index (Phi) is 3.82. The van der Waals surface area contributed by atoms with Gasteiger partial charge in [-0.15, -0.1) is 11.3 Å². The van der Waals surface area contributed by atoms with E-state index in [9.17, 15) is 0 Å². The van der Waals surface area contributed by atoms with E-state index in [0.29, 0.717) is 0 Å². The van der Waals surface area contributed by atoms with Crippen molar-refractivity contribution in [2.75, 3.05) is 19.7 Å². The number of nitrogens with zero attached hydrogens (tertiary/aromatic N) is 4. The summed E-state index contributed by atoms with van der Waals surface area (Å²) in [6, 6.07) is 1.94. The summed E-state index contributed by atoms with van der Waals surface area (Å²) in [6.07, 6.45) is 3.68. The van der Waals surface area contributed by atoms with Gasteiger partial charge in [0.1, 0.15) is 16.9 Å². The first-order valence-corrected chi connectivity index (χ1v) is 7.21. The molecule has 5 nitrogen and oxygen atoms in total. The SMILES string of the molecule is Cc1nccc(C2CN(Cc3nccs3)CCO2)n1. The predicted molar refractivity (Wildman–Crippen MR) is 72.9 cm³/mol. The van der Waals surface area contributed by atoms with Crippen LogP contribution >= 0.6 is 11.3 Å². The number of hydrogen-bond acceptors (Lipinski definition) is 6. The lowest BCUT2D eigenvalue weighted by molar-refractivity contribution is -0.0351. The monoisotopic (exact) mass is 276 g/mol. The highest BCUT2D eigenvalue weighted by Crippen LogP contribution is 2.22. The highest BCUT2D eigenvalue weighted by molar-refractivity contribution is 7.09. The molecule has 0 spiro atoms. The van der Waals surface area contributed by atoms with E-state index in [2.05, 4.69) is 19.9 Å². The zero-order valence-corrected chi connectivity index (χ0v) is 11.6. The van der Waals surface area contributed by atoms with E-state index in [1.54, 1.807) is 17.5 Å². The number of rotatable bonds is 3. The summed E-state index contributed by atoms with van der Waals surface area (Å²) in [6.45, 7) is 5.33. The molecular weight excluding hydrogens is 260 g/mol. The molecule has 2 aromatic heterocycles. The second-order valence-electron chi connectivity index (χ2n) is 4.55. The van der Waals surface area contributed by atoms with Crippen LogP contribution in [0.4, 0.5) is 0 Å². The van der Waals surface area contributed by atoms with Gasteiger partial charge in [-0.1, -0.05) is 0 Å². The van der Waals surface area contributed by atoms with E-state index in [0.717, 1.165) is 42.8 Å². The smallest absolute Gasteiger partial charge is 0.125 e. The van der Waals surface area contributed by atoms with Crippen molar-refractivity contribution in [3.63, 3.8) is 0 Å². The number of morpholine rings is 1. The molecule has 1 atom stereocenters. The molecule has 3 heterocycles. The van der Waals surface area contributed by atoms with Gasteiger partial charge >= 0.3 is 0 Å². The number of thiazole rings is 1. The average Bonchev–Trinajstić information content (AvgIpc) is 2.92. The van der Waals surface area contributed by atoms with Crippen LogP contribution in [0.5, 0.6) is 0 Å². The molecule has 0 radical (unpaired) electrons. The maximum atomic E-state index is 5.82. The minimum absolute atomic E-state index is 0.0374. The zero-order valence-electron chi connectivity index (χ0n) is 10.8. The quantitative estimate of drug-likeness (QED) is 0.856. The molecule has 0 bridgehead atoms. The van der Waals surface area contributed by atoms with E-state index in [-0.39, 0.29) is 6.10 Å². The van der Waals surface area contributed by atoms with Crippen molar-refractivity contribution >= 4 is 11.3 Å². The summed E-state index contributed by atoms with van der Waals surface area (Å²) in [5.41, 5.74) is 0.969. The fourth-order valence-electron chi connectivity index (χ4n) is 2.20. The third-order valence-electron chi connectivity index (χ3n) is 3.12. The lowest BCUT2D eigenvalue weighted by atomic mass is 10.2. The van der Waals surface area contributed by atoms with Crippen molar-refractivity contribution in [2.45, 2.75) is 19.6 Å². The van der Waals surface area contributed by atoms with Crippen LogP contribution in [0.25, 0.3) is 0 Å². The number of hydrogen-bond donors (Lipinski definition) is 0. The first-order chi connectivity index (χ1) is 9.31. The van der Waals surface area contributed by atoms with Gasteiger partial charge in [-0.25, -0.2) is 15.0 Å². The lowest BCUT2D eigenvalue weighted by Gasteiger charge is -2.32. The largest absolute Gasteiger partial charge is 0.369 e. The van der Waals surface area contributed by atoms with Crippen molar-refractivity contribution in [3.05, 3.63) is 40.4 Å². The Balaban J connectivity index is 1.67. The van der Waals surface area contributed by atoms with E-state index in [1.165, 1.54) is 0 Å². The molecule has 0 aliphatic carbocycles. The van der Waals surface area contributed by atoms with Crippen LogP contribution in [0.1, 0.15) is 22.6 Å². The van der Waals surface area contributed by atoms with Crippen LogP contribution in [0.2, 0.25) is 0 Å². The second kappa shape index (κ2) is 5.73. The molecule has 0 saturated carbocycles. The van der Waals surface area contributed by atoms with Gasteiger partial charge in [-0.05, 0) is 13.0 Å². The van der Waals surface area contributed by atoms with E-state index >= 15 is 0 Å². The standard InChI is InChI=1S/C13H16N4OS/c1-10-14-3-2-11(16-10)12-8-17(5-6-18-12)9-13-15-4-7-19-13/h2-4,7,12H,5-6,8-9H2,1H3. The Bertz CT molecular complexity index is 531. The molecule has 100 valence electrons. The maximum absolute atomic E-state index is 5.82. The van der Waals surface area contributed by atoms with E-state index < -0.39 is 0 Å². The van der Waals surface area contributed by atoms with Crippen molar-refractivity contribution in [3.8, 4) is 0 Å². The predicted octanol–water partition coefficient (Wildman–Crippen LogP) is 1.82. The summed E-state index contributed by atoms with van der Waals surface area (Å²) < 4.78 is 5.82. The summed E-state index contributed by atoms with van der Waals surface area (Å²) in [7, 11) is 0. The first kappa shape index (κ1) is 12.7. The van der Waals surface area contributed by atoms with Crippen LogP contribution in [0.15, 0.2) is 23.8 Å². The molecule has 0 N–H and O–H groups in total. The Morgan fingerprint density at radius 2 is 2.37 bits per heavy atom. The number of aryl methyl sites for hydroxylation is 1. The fraction of sp³-hybridized carbons (Fsp3) is 0.462. The van der Waals surface area contributed by atoms with E-state index in [1.807, 2.05) is 24.6 Å². The molecule has 6 heteroatoms. The topological polar surface area (TPSA) is 51.1 Å². The highest BCUT2D eigenvalue weighted by Gasteiger charge is 2.23. The van der Waals surface area contributed by atoms with Crippen LogP contribution in [0.3, 0.4) is 0 Å². The summed E-state index contributed by atoms with van der Waals surface area (Å²) >= 11 is 1.70. The molecule has 0 amide bonds. The fourth-order valence-corrected chi connectivity index (χ4v) is 2.86. The normalized spacial score (nSPS) is 20.6. The summed E-state index contributed by atoms with van der Waals surface area (Å²) in [4.78, 5) is 15.3. The summed E-state index contributed by atoms with van der Waals surface area (Å²) in [5.74, 6) is 0.790. The maximum Gasteiger partial charge on any atom is 0.125 e. The third kappa shape index (κ3) is 3.15. The number of ether oxygens (including phenoxy) is 1. The summed E-state index contributed by atoms with van der Waals surface area (Å²) in [5, 5.41) is 3.17. The third-order valence-corrected chi connectivity index (χ3v) is 3.88. The Morgan fingerprint density at radius 3 is 3.16 bits per heavy atom. The van der Waals surface area contributed by atoms with Crippen molar-refractivity contribution in [1.82, 2.24) is 19.9 Å². The van der Waals surface area contributed by atoms with Gasteiger partial charge in [0.2, 0.25) is 0 Å². The van der Waals surface area contributed by atoms with Gasteiger partial charge in [0.15, 0.2) is 0 Å². The number of aromatic nitrogens is 3. The molecule has 1 fully saturated rings. The average molecular weight is 276 g/mol.